The monoisotopic (exact) mass is 1180 g/mol. The number of anilines is 9. The number of nitrogens with zero attached hydrogens (tertiary/aromatic N) is 4. The first-order chi connectivity index (χ1) is 42.8. The van der Waals surface area contributed by atoms with E-state index in [4.69, 9.17) is 37.9 Å². The smallest absolute Gasteiger partial charge is 0.119 e. The molecule has 11 rings (SSSR count). The fourth-order valence-corrected chi connectivity index (χ4v) is 13.4. The highest BCUT2D eigenvalue weighted by molar-refractivity contribution is 5.99. The van der Waals surface area contributed by atoms with Gasteiger partial charge in [-0.05, 0) is 255 Å². The van der Waals surface area contributed by atoms with Gasteiger partial charge >= 0.3 is 0 Å². The molecule has 2 aliphatic carbocycles. The van der Waals surface area contributed by atoms with Crippen molar-refractivity contribution >= 4 is 51.2 Å². The highest BCUT2D eigenvalue weighted by Crippen LogP contribution is 2.65. The van der Waals surface area contributed by atoms with Crippen molar-refractivity contribution in [3.8, 4) is 51.0 Å². The van der Waals surface area contributed by atoms with E-state index in [2.05, 4.69) is 195 Å². The van der Waals surface area contributed by atoms with Crippen molar-refractivity contribution in [1.82, 2.24) is 0 Å². The molecule has 7 atom stereocenters. The van der Waals surface area contributed by atoms with Crippen molar-refractivity contribution in [2.75, 3.05) is 76.5 Å². The van der Waals surface area contributed by atoms with E-state index in [0.717, 1.165) is 131 Å². The lowest BCUT2D eigenvalue weighted by atomic mass is 9.70. The standard InChI is InChI=1S/C76H82N4O8/c1-15-75(88-14)50(4)79(55-20-34-64(85-11)35-21-55)60-28-42-69-67-40-26-58(77(48(2)51(5)81-7)53-16-30-62(83-9)31-17-53)44-71(67)76(73(69)46-60)72-45-59(78(49(3)52(6)82-8)54-18-32-63(84-10)33-19-54)27-41-68(72)70-43-29-61(47-74(70)76)80(56-22-36-65(86-12)37-23-56)57-24-38-66(87-13)39-25-57/h16-52,75H,15H2,1-14H3/t48?,49-,50?,51?,52?,75+,76+/m1/s1. The molecule has 9 aromatic rings. The lowest BCUT2D eigenvalue weighted by Gasteiger charge is -2.38. The lowest BCUT2D eigenvalue weighted by molar-refractivity contribution is 0.0821. The van der Waals surface area contributed by atoms with Gasteiger partial charge in [0.25, 0.3) is 0 Å². The predicted octanol–water partition coefficient (Wildman–Crippen LogP) is 17.6. The van der Waals surface area contributed by atoms with E-state index in [0.29, 0.717) is 0 Å². The zero-order valence-corrected chi connectivity index (χ0v) is 53.2. The van der Waals surface area contributed by atoms with E-state index in [1.54, 1.807) is 49.8 Å². The number of ether oxygens (including phenoxy) is 8. The van der Waals surface area contributed by atoms with Crippen LogP contribution in [0.4, 0.5) is 51.2 Å². The second-order valence-electron chi connectivity index (χ2n) is 22.9. The third-order valence-corrected chi connectivity index (χ3v) is 18.6. The summed E-state index contributed by atoms with van der Waals surface area (Å²) < 4.78 is 47.4. The number of hydrogen-bond donors (Lipinski definition) is 0. The average molecular weight is 1180 g/mol. The van der Waals surface area contributed by atoms with Crippen LogP contribution in [-0.4, -0.2) is 93.3 Å². The van der Waals surface area contributed by atoms with E-state index >= 15 is 0 Å². The van der Waals surface area contributed by atoms with Crippen LogP contribution in [0, 0.1) is 0 Å². The average Bonchev–Trinajstić information content (AvgIpc) is 1.53. The minimum absolute atomic E-state index is 0.0821. The van der Waals surface area contributed by atoms with Gasteiger partial charge in [0.2, 0.25) is 0 Å². The SMILES string of the molecule is CC[C@H](OC)C(C)N(c1ccc(OC)cc1)c1ccc2c(c1)[C@]1(c3cc(N(c4ccc(OC)cc4)c4ccc(OC)cc4)ccc3-c3ccc(N(c4ccc(OC)cc4)[C@H](C)C(C)OC)cc31)c1cc(N(c3ccc(OC)cc3)C(C)C(C)OC)ccc1-2. The van der Waals surface area contributed by atoms with Gasteiger partial charge in [-0.25, -0.2) is 0 Å². The van der Waals surface area contributed by atoms with E-state index in [1.807, 2.05) is 67.8 Å². The fourth-order valence-electron chi connectivity index (χ4n) is 13.4. The molecule has 0 fully saturated rings. The van der Waals surface area contributed by atoms with Gasteiger partial charge in [-0.15, -0.1) is 0 Å². The Kier molecular flexibility index (Phi) is 17.8. The molecule has 1 spiro atoms. The summed E-state index contributed by atoms with van der Waals surface area (Å²) in [5.41, 5.74) is 17.3. The van der Waals surface area contributed by atoms with E-state index in [9.17, 15) is 0 Å². The van der Waals surface area contributed by atoms with Crippen LogP contribution in [-0.2, 0) is 19.6 Å². The van der Waals surface area contributed by atoms with Gasteiger partial charge in [-0.3, -0.25) is 0 Å². The number of fused-ring (bicyclic) bond motifs is 10. The first-order valence-electron chi connectivity index (χ1n) is 30.3. The number of rotatable bonds is 24. The van der Waals surface area contributed by atoms with Crippen LogP contribution in [0.5, 0.6) is 28.7 Å². The summed E-state index contributed by atoms with van der Waals surface area (Å²) >= 11 is 0. The van der Waals surface area contributed by atoms with Gasteiger partial charge < -0.3 is 57.5 Å². The van der Waals surface area contributed by atoms with Gasteiger partial charge in [0.05, 0.1) is 77.4 Å². The molecule has 0 N–H and O–H groups in total. The van der Waals surface area contributed by atoms with Crippen molar-refractivity contribution in [2.45, 2.75) is 89.8 Å². The molecule has 0 aromatic heterocycles. The van der Waals surface area contributed by atoms with Crippen LogP contribution in [0.3, 0.4) is 0 Å². The minimum Gasteiger partial charge on any atom is -0.497 e. The number of methoxy groups -OCH3 is 8. The molecule has 0 saturated carbocycles. The molecule has 9 aromatic carbocycles. The van der Waals surface area contributed by atoms with Crippen molar-refractivity contribution in [2.24, 2.45) is 0 Å². The Morgan fingerprint density at radius 3 is 0.807 bits per heavy atom. The molecule has 0 radical (unpaired) electrons. The maximum Gasteiger partial charge on any atom is 0.119 e. The molecule has 88 heavy (non-hydrogen) atoms. The second kappa shape index (κ2) is 25.8. The Balaban J connectivity index is 1.27. The fraction of sp³-hybridized carbons (Fsp3) is 0.289. The van der Waals surface area contributed by atoms with Crippen molar-refractivity contribution in [3.05, 3.63) is 216 Å². The highest BCUT2D eigenvalue weighted by Gasteiger charge is 2.53. The van der Waals surface area contributed by atoms with Crippen molar-refractivity contribution in [1.29, 1.82) is 0 Å². The Morgan fingerprint density at radius 1 is 0.295 bits per heavy atom. The molecule has 0 amide bonds. The summed E-state index contributed by atoms with van der Waals surface area (Å²) in [5, 5.41) is 0. The second-order valence-corrected chi connectivity index (χ2v) is 22.9. The van der Waals surface area contributed by atoms with E-state index < -0.39 is 5.41 Å². The van der Waals surface area contributed by atoms with Crippen molar-refractivity contribution < 1.29 is 37.9 Å². The minimum atomic E-state index is -0.942. The quantitative estimate of drug-likeness (QED) is 0.0577. The van der Waals surface area contributed by atoms with Gasteiger partial charge in [-0.2, -0.15) is 0 Å². The Hall–Kier alpha value is -8.94. The van der Waals surface area contributed by atoms with Gasteiger partial charge in [0.15, 0.2) is 0 Å². The third-order valence-electron chi connectivity index (χ3n) is 18.6. The maximum absolute atomic E-state index is 6.33. The Labute approximate surface area is 520 Å². The number of benzene rings is 9. The van der Waals surface area contributed by atoms with Gasteiger partial charge in [0, 0.05) is 72.5 Å². The Bertz CT molecular complexity index is 3720. The lowest BCUT2D eigenvalue weighted by Crippen LogP contribution is -2.39. The van der Waals surface area contributed by atoms with Crippen LogP contribution < -0.4 is 43.3 Å². The summed E-state index contributed by atoms with van der Waals surface area (Å²) in [4.78, 5) is 9.59. The molecular formula is C76H82N4O8. The Morgan fingerprint density at radius 2 is 0.545 bits per heavy atom. The molecule has 2 aliphatic rings. The van der Waals surface area contributed by atoms with Gasteiger partial charge in [0.1, 0.15) is 28.7 Å². The topological polar surface area (TPSA) is 86.8 Å². The van der Waals surface area contributed by atoms with Crippen LogP contribution in [0.2, 0.25) is 0 Å². The summed E-state index contributed by atoms with van der Waals surface area (Å²) in [6.45, 7) is 13.2. The van der Waals surface area contributed by atoms with Crippen LogP contribution in [0.25, 0.3) is 22.3 Å². The highest BCUT2D eigenvalue weighted by atomic mass is 16.5. The van der Waals surface area contributed by atoms with E-state index in [-0.39, 0.29) is 36.4 Å². The zero-order valence-electron chi connectivity index (χ0n) is 53.2. The van der Waals surface area contributed by atoms with Crippen LogP contribution in [0.1, 0.15) is 70.2 Å². The van der Waals surface area contributed by atoms with Crippen LogP contribution in [0.15, 0.2) is 194 Å². The molecule has 0 saturated heterocycles. The molecule has 12 heteroatoms. The number of hydrogen-bond acceptors (Lipinski definition) is 12. The van der Waals surface area contributed by atoms with E-state index in [1.165, 1.54) is 0 Å². The predicted molar refractivity (Wildman–Crippen MR) is 358 cm³/mol. The summed E-state index contributed by atoms with van der Waals surface area (Å²) in [6, 6.07) is 69.7. The summed E-state index contributed by atoms with van der Waals surface area (Å²) in [7, 11) is 13.9. The molecule has 0 aliphatic heterocycles. The first kappa shape index (κ1) is 60.7. The summed E-state index contributed by atoms with van der Waals surface area (Å²) in [5.74, 6) is 3.90. The molecular weight excluding hydrogens is 1100 g/mol. The maximum atomic E-state index is 6.33. The van der Waals surface area contributed by atoms with Gasteiger partial charge in [-0.1, -0.05) is 31.2 Å². The molecule has 12 nitrogen and oxygen atoms in total. The van der Waals surface area contributed by atoms with Crippen LogP contribution >= 0.6 is 0 Å². The largest absolute Gasteiger partial charge is 0.497 e. The third kappa shape index (κ3) is 10.8. The molecule has 0 bridgehead atoms. The molecule has 454 valence electrons. The normalized spacial score (nSPS) is 15.6. The van der Waals surface area contributed by atoms with Crippen molar-refractivity contribution in [3.63, 3.8) is 0 Å². The molecule has 4 unspecified atom stereocenters. The zero-order chi connectivity index (χ0) is 62.0. The first-order valence-corrected chi connectivity index (χ1v) is 30.3. The molecule has 0 heterocycles. The summed E-state index contributed by atoms with van der Waals surface area (Å²) in [6.07, 6.45) is 0.433.